The standard InChI is InChI=1S/C26H28FN5O3/c27-17-8-9-23-19(12-17)26(34)31-11-2-1-5-22(31)21-14-24-29-20(16-6-7-16)13-18(32(24)30-21)4-3-10-28-25(33)15-35-23/h8-9,12-14,16,22H,1-7,10-11,15H2,(H,28,33). The van der Waals surface area contributed by atoms with Gasteiger partial charge in [0.15, 0.2) is 12.3 Å². The number of piperidine rings is 1. The molecule has 1 atom stereocenters. The van der Waals surface area contributed by atoms with E-state index in [1.54, 1.807) is 4.90 Å². The summed E-state index contributed by atoms with van der Waals surface area (Å²) >= 11 is 0. The Kier molecular flexibility index (Phi) is 5.62. The van der Waals surface area contributed by atoms with E-state index in [0.717, 1.165) is 67.7 Å². The van der Waals surface area contributed by atoms with Crippen molar-refractivity contribution in [3.8, 4) is 5.75 Å². The molecule has 2 bridgehead atoms. The van der Waals surface area contributed by atoms with Crippen molar-refractivity contribution < 1.29 is 18.7 Å². The molecule has 3 aliphatic rings. The molecule has 2 fully saturated rings. The molecule has 6 rings (SSSR count). The van der Waals surface area contributed by atoms with Crippen LogP contribution in [0.2, 0.25) is 0 Å². The first-order chi connectivity index (χ1) is 17.1. The highest BCUT2D eigenvalue weighted by Gasteiger charge is 2.33. The number of carbonyl (C=O) groups excluding carboxylic acids is 2. The van der Waals surface area contributed by atoms with Crippen LogP contribution < -0.4 is 10.1 Å². The summed E-state index contributed by atoms with van der Waals surface area (Å²) in [5.41, 5.74) is 3.87. The molecular weight excluding hydrogens is 449 g/mol. The lowest BCUT2D eigenvalue weighted by Gasteiger charge is -2.35. The third-order valence-electron chi connectivity index (χ3n) is 7.10. The number of aromatic nitrogens is 3. The normalized spacial score (nSPS) is 21.4. The molecule has 9 heteroatoms. The summed E-state index contributed by atoms with van der Waals surface area (Å²) in [5.74, 6) is -0.420. The van der Waals surface area contributed by atoms with E-state index in [4.69, 9.17) is 14.8 Å². The Morgan fingerprint density at radius 1 is 1.03 bits per heavy atom. The number of nitrogens with zero attached hydrogens (tertiary/aromatic N) is 4. The summed E-state index contributed by atoms with van der Waals surface area (Å²) in [5, 5.41) is 7.79. The first-order valence-electron chi connectivity index (χ1n) is 12.5. The second-order valence-corrected chi connectivity index (χ2v) is 9.68. The van der Waals surface area contributed by atoms with Gasteiger partial charge in [-0.2, -0.15) is 5.10 Å². The molecule has 1 N–H and O–H groups in total. The Hall–Kier alpha value is -3.49. The van der Waals surface area contributed by atoms with Gasteiger partial charge in [0.2, 0.25) is 0 Å². The number of aryl methyl sites for hydroxylation is 1. The number of amides is 2. The zero-order chi connectivity index (χ0) is 23.9. The molecule has 1 saturated heterocycles. The van der Waals surface area contributed by atoms with Crippen molar-refractivity contribution in [2.75, 3.05) is 19.7 Å². The predicted octanol–water partition coefficient (Wildman–Crippen LogP) is 3.55. The number of rotatable bonds is 1. The molecular formula is C26H28FN5O3. The van der Waals surface area contributed by atoms with Gasteiger partial charge in [-0.3, -0.25) is 9.59 Å². The maximum Gasteiger partial charge on any atom is 0.258 e. The summed E-state index contributed by atoms with van der Waals surface area (Å²) in [6.07, 6.45) is 6.41. The topological polar surface area (TPSA) is 88.8 Å². The van der Waals surface area contributed by atoms with E-state index in [2.05, 4.69) is 11.4 Å². The third kappa shape index (κ3) is 4.35. The monoisotopic (exact) mass is 477 g/mol. The third-order valence-corrected chi connectivity index (χ3v) is 7.10. The highest BCUT2D eigenvalue weighted by Crippen LogP contribution is 2.40. The minimum atomic E-state index is -0.526. The zero-order valence-corrected chi connectivity index (χ0v) is 19.5. The second-order valence-electron chi connectivity index (χ2n) is 9.68. The summed E-state index contributed by atoms with van der Waals surface area (Å²) in [4.78, 5) is 32.7. The molecule has 2 aromatic heterocycles. The van der Waals surface area contributed by atoms with Crippen molar-refractivity contribution in [1.82, 2.24) is 24.8 Å². The lowest BCUT2D eigenvalue weighted by atomic mass is 9.98. The molecule has 4 heterocycles. The van der Waals surface area contributed by atoms with Crippen LogP contribution in [-0.4, -0.2) is 51.0 Å². The number of fused-ring (bicyclic) bond motifs is 4. The van der Waals surface area contributed by atoms with Gasteiger partial charge in [0, 0.05) is 36.5 Å². The van der Waals surface area contributed by atoms with Crippen molar-refractivity contribution in [1.29, 1.82) is 0 Å². The van der Waals surface area contributed by atoms with Crippen molar-refractivity contribution in [3.05, 3.63) is 58.8 Å². The van der Waals surface area contributed by atoms with E-state index in [1.807, 2.05) is 10.6 Å². The van der Waals surface area contributed by atoms with Crippen molar-refractivity contribution in [2.24, 2.45) is 0 Å². The molecule has 3 aromatic rings. The van der Waals surface area contributed by atoms with Gasteiger partial charge in [0.25, 0.3) is 11.8 Å². The predicted molar refractivity (Wildman–Crippen MR) is 126 cm³/mol. The lowest BCUT2D eigenvalue weighted by molar-refractivity contribution is -0.123. The van der Waals surface area contributed by atoms with Gasteiger partial charge in [0.1, 0.15) is 11.6 Å². The summed E-state index contributed by atoms with van der Waals surface area (Å²) in [6.45, 7) is 0.799. The van der Waals surface area contributed by atoms with Gasteiger partial charge in [-0.05, 0) is 69.2 Å². The van der Waals surface area contributed by atoms with Crippen LogP contribution in [0.15, 0.2) is 30.3 Å². The van der Waals surface area contributed by atoms with E-state index >= 15 is 0 Å². The minimum Gasteiger partial charge on any atom is -0.483 e. The molecule has 182 valence electrons. The summed E-state index contributed by atoms with van der Waals surface area (Å²) in [7, 11) is 0. The first kappa shape index (κ1) is 22.0. The van der Waals surface area contributed by atoms with E-state index < -0.39 is 5.82 Å². The zero-order valence-electron chi connectivity index (χ0n) is 19.5. The van der Waals surface area contributed by atoms with Gasteiger partial charge in [0.05, 0.1) is 17.3 Å². The van der Waals surface area contributed by atoms with E-state index in [0.29, 0.717) is 19.0 Å². The maximum atomic E-state index is 14.2. The Labute approximate surface area is 202 Å². The second kappa shape index (κ2) is 8.94. The highest BCUT2D eigenvalue weighted by molar-refractivity contribution is 5.97. The molecule has 8 nitrogen and oxygen atoms in total. The minimum absolute atomic E-state index is 0.121. The number of carbonyl (C=O) groups is 2. The van der Waals surface area contributed by atoms with Gasteiger partial charge in [-0.25, -0.2) is 13.9 Å². The SMILES string of the molecule is O=C1COc2ccc(F)cc2C(=O)N2CCCCC2c2cc3nc(C4CC4)cc(n3n2)CCCN1. The molecule has 1 aliphatic carbocycles. The molecule has 2 aliphatic heterocycles. The average molecular weight is 478 g/mol. The van der Waals surface area contributed by atoms with Crippen LogP contribution in [0, 0.1) is 5.82 Å². The van der Waals surface area contributed by atoms with Crippen LogP contribution in [0.3, 0.4) is 0 Å². The first-order valence-corrected chi connectivity index (χ1v) is 12.5. The van der Waals surface area contributed by atoms with Crippen LogP contribution >= 0.6 is 0 Å². The maximum absolute atomic E-state index is 14.2. The molecule has 0 radical (unpaired) electrons. The van der Waals surface area contributed by atoms with Crippen molar-refractivity contribution >= 4 is 17.5 Å². The van der Waals surface area contributed by atoms with Gasteiger partial charge >= 0.3 is 0 Å². The van der Waals surface area contributed by atoms with E-state index in [1.165, 1.54) is 18.2 Å². The van der Waals surface area contributed by atoms with Crippen molar-refractivity contribution in [3.63, 3.8) is 0 Å². The smallest absolute Gasteiger partial charge is 0.258 e. The van der Waals surface area contributed by atoms with Crippen LogP contribution in [0.5, 0.6) is 5.75 Å². The van der Waals surface area contributed by atoms with Crippen molar-refractivity contribution in [2.45, 2.75) is 56.9 Å². The van der Waals surface area contributed by atoms with E-state index in [9.17, 15) is 14.0 Å². The number of hydrogen-bond donors (Lipinski definition) is 1. The number of benzene rings is 1. The molecule has 0 spiro atoms. The largest absolute Gasteiger partial charge is 0.483 e. The number of hydrogen-bond acceptors (Lipinski definition) is 5. The highest BCUT2D eigenvalue weighted by atomic mass is 19.1. The van der Waals surface area contributed by atoms with Gasteiger partial charge in [-0.15, -0.1) is 0 Å². The number of halogens is 1. The van der Waals surface area contributed by atoms with Crippen LogP contribution in [0.25, 0.3) is 5.65 Å². The Bertz CT molecular complexity index is 1300. The molecule has 1 unspecified atom stereocenters. The number of ether oxygens (including phenoxy) is 1. The fourth-order valence-corrected chi connectivity index (χ4v) is 5.13. The fraction of sp³-hybridized carbons (Fsp3) is 0.462. The quantitative estimate of drug-likeness (QED) is 0.579. The fourth-order valence-electron chi connectivity index (χ4n) is 5.13. The summed E-state index contributed by atoms with van der Waals surface area (Å²) in [6, 6.07) is 7.74. The van der Waals surface area contributed by atoms with Gasteiger partial charge < -0.3 is 15.0 Å². The van der Waals surface area contributed by atoms with Crippen LogP contribution in [0.1, 0.15) is 77.9 Å². The Morgan fingerprint density at radius 3 is 2.77 bits per heavy atom. The molecule has 2 amide bonds. The lowest BCUT2D eigenvalue weighted by Crippen LogP contribution is -2.39. The number of nitrogens with one attached hydrogen (secondary N) is 1. The average Bonchev–Trinajstić information content (AvgIpc) is 3.63. The molecule has 1 saturated carbocycles. The Balaban J connectivity index is 1.45. The Morgan fingerprint density at radius 2 is 1.91 bits per heavy atom. The van der Waals surface area contributed by atoms with Gasteiger partial charge in [-0.1, -0.05) is 0 Å². The molecule has 1 aromatic carbocycles. The van der Waals surface area contributed by atoms with Crippen LogP contribution in [-0.2, 0) is 11.2 Å². The van der Waals surface area contributed by atoms with Crippen LogP contribution in [0.4, 0.5) is 4.39 Å². The summed E-state index contributed by atoms with van der Waals surface area (Å²) < 4.78 is 21.8. The van der Waals surface area contributed by atoms with E-state index in [-0.39, 0.29) is 35.8 Å². The molecule has 35 heavy (non-hydrogen) atoms.